The highest BCUT2D eigenvalue weighted by Crippen LogP contribution is 2.26. The molecule has 0 amide bonds. The van der Waals surface area contributed by atoms with Gasteiger partial charge in [-0.25, -0.2) is 4.57 Å². The molecular formula is C24H20N4OS. The molecule has 148 valence electrons. The highest BCUT2D eigenvalue weighted by molar-refractivity contribution is 7.98. The van der Waals surface area contributed by atoms with Gasteiger partial charge in [0.1, 0.15) is 0 Å². The van der Waals surface area contributed by atoms with Crippen LogP contribution in [0.2, 0.25) is 0 Å². The summed E-state index contributed by atoms with van der Waals surface area (Å²) in [7, 11) is 0. The minimum absolute atomic E-state index is 0.0844. The van der Waals surface area contributed by atoms with Crippen LogP contribution in [0.4, 0.5) is 0 Å². The number of para-hydroxylation sites is 1. The number of benzene rings is 3. The van der Waals surface area contributed by atoms with Gasteiger partial charge in [0.15, 0.2) is 5.16 Å². The first-order valence-corrected chi connectivity index (χ1v) is 10.8. The Morgan fingerprint density at radius 1 is 0.900 bits per heavy atom. The maximum Gasteiger partial charge on any atom is 0.267 e. The number of hydrogen-bond acceptors (Lipinski definition) is 4. The lowest BCUT2D eigenvalue weighted by Crippen LogP contribution is -2.22. The molecule has 2 aromatic heterocycles. The smallest absolute Gasteiger partial charge is 0.267 e. The lowest BCUT2D eigenvalue weighted by Gasteiger charge is -2.14. The standard InChI is InChI=1S/C24H20N4OS/c1-16-12-13-17(2)21(14-16)27-22(29)19-10-6-7-11-20(19)28-23(27)25-26-24(28)30-15-18-8-4-3-5-9-18/h3-14H,15H2,1-2H3. The van der Waals surface area contributed by atoms with E-state index in [1.807, 2.05) is 78.9 Å². The molecule has 0 radical (unpaired) electrons. The van der Waals surface area contributed by atoms with Crippen molar-refractivity contribution < 1.29 is 0 Å². The lowest BCUT2D eigenvalue weighted by molar-refractivity contribution is 0.928. The number of hydrogen-bond donors (Lipinski definition) is 0. The third-order valence-corrected chi connectivity index (χ3v) is 6.21. The minimum atomic E-state index is -0.0844. The zero-order valence-electron chi connectivity index (χ0n) is 16.7. The predicted molar refractivity (Wildman–Crippen MR) is 122 cm³/mol. The molecule has 5 aromatic rings. The lowest BCUT2D eigenvalue weighted by atomic mass is 10.1. The van der Waals surface area contributed by atoms with E-state index in [4.69, 9.17) is 0 Å². The zero-order chi connectivity index (χ0) is 20.7. The SMILES string of the molecule is Cc1ccc(C)c(-n2c(=O)c3ccccc3n3c(SCc4ccccc4)nnc23)c1. The van der Waals surface area contributed by atoms with Gasteiger partial charge in [0.05, 0.1) is 16.6 Å². The van der Waals surface area contributed by atoms with Crippen LogP contribution < -0.4 is 5.56 Å². The molecule has 0 aliphatic carbocycles. The van der Waals surface area contributed by atoms with Crippen LogP contribution >= 0.6 is 11.8 Å². The minimum Gasteiger partial charge on any atom is -0.268 e. The van der Waals surface area contributed by atoms with Crippen molar-refractivity contribution in [2.45, 2.75) is 24.8 Å². The molecule has 3 aromatic carbocycles. The van der Waals surface area contributed by atoms with Crippen molar-refractivity contribution in [1.82, 2.24) is 19.2 Å². The molecule has 0 aliphatic rings. The molecule has 6 heteroatoms. The Balaban J connectivity index is 1.77. The second-order valence-corrected chi connectivity index (χ2v) is 8.28. The van der Waals surface area contributed by atoms with Gasteiger partial charge in [0.2, 0.25) is 5.78 Å². The van der Waals surface area contributed by atoms with Crippen molar-refractivity contribution in [3.8, 4) is 5.69 Å². The van der Waals surface area contributed by atoms with E-state index in [9.17, 15) is 4.79 Å². The van der Waals surface area contributed by atoms with E-state index in [2.05, 4.69) is 22.3 Å². The Morgan fingerprint density at radius 2 is 1.67 bits per heavy atom. The van der Waals surface area contributed by atoms with Gasteiger partial charge >= 0.3 is 0 Å². The average molecular weight is 413 g/mol. The van der Waals surface area contributed by atoms with E-state index in [1.54, 1.807) is 16.3 Å². The fourth-order valence-corrected chi connectivity index (χ4v) is 4.57. The number of aromatic nitrogens is 4. The molecule has 0 aliphatic heterocycles. The molecule has 2 heterocycles. The maximum absolute atomic E-state index is 13.5. The summed E-state index contributed by atoms with van der Waals surface area (Å²) in [6.07, 6.45) is 0. The van der Waals surface area contributed by atoms with Gasteiger partial charge in [-0.15, -0.1) is 10.2 Å². The Kier molecular flexibility index (Phi) is 4.64. The molecule has 5 nitrogen and oxygen atoms in total. The molecule has 0 spiro atoms. The van der Waals surface area contributed by atoms with E-state index in [0.29, 0.717) is 11.2 Å². The van der Waals surface area contributed by atoms with Crippen LogP contribution in [-0.2, 0) is 5.75 Å². The number of rotatable bonds is 4. The molecule has 0 fully saturated rings. The Labute approximate surface area is 178 Å². The Morgan fingerprint density at radius 3 is 2.50 bits per heavy atom. The van der Waals surface area contributed by atoms with Crippen LogP contribution in [0.3, 0.4) is 0 Å². The van der Waals surface area contributed by atoms with E-state index < -0.39 is 0 Å². The highest BCUT2D eigenvalue weighted by atomic mass is 32.2. The van der Waals surface area contributed by atoms with E-state index >= 15 is 0 Å². The van der Waals surface area contributed by atoms with E-state index in [1.165, 1.54) is 5.56 Å². The van der Waals surface area contributed by atoms with E-state index in [-0.39, 0.29) is 5.56 Å². The summed E-state index contributed by atoms with van der Waals surface area (Å²) in [6.45, 7) is 4.03. The first-order valence-electron chi connectivity index (χ1n) is 9.77. The average Bonchev–Trinajstić information content (AvgIpc) is 3.19. The van der Waals surface area contributed by atoms with Crippen LogP contribution in [0.15, 0.2) is 82.7 Å². The molecule has 0 N–H and O–H groups in total. The maximum atomic E-state index is 13.5. The quantitative estimate of drug-likeness (QED) is 0.392. The van der Waals surface area contributed by atoms with Gasteiger partial charge in [-0.1, -0.05) is 66.4 Å². The molecular weight excluding hydrogens is 392 g/mol. The molecule has 0 saturated heterocycles. The monoisotopic (exact) mass is 412 g/mol. The third-order valence-electron chi connectivity index (χ3n) is 5.21. The van der Waals surface area contributed by atoms with Crippen LogP contribution in [-0.4, -0.2) is 19.2 Å². The summed E-state index contributed by atoms with van der Waals surface area (Å²) in [4.78, 5) is 13.5. The van der Waals surface area contributed by atoms with Crippen LogP contribution in [0.1, 0.15) is 16.7 Å². The molecule has 0 bridgehead atoms. The van der Waals surface area contributed by atoms with Crippen LogP contribution in [0, 0.1) is 13.8 Å². The van der Waals surface area contributed by atoms with Crippen molar-refractivity contribution in [3.63, 3.8) is 0 Å². The van der Waals surface area contributed by atoms with Gasteiger partial charge in [-0.2, -0.15) is 0 Å². The molecule has 0 unspecified atom stereocenters. The Hall–Kier alpha value is -3.38. The normalized spacial score (nSPS) is 11.4. The van der Waals surface area contributed by atoms with Crippen molar-refractivity contribution in [2.24, 2.45) is 0 Å². The summed E-state index contributed by atoms with van der Waals surface area (Å²) < 4.78 is 3.68. The van der Waals surface area contributed by atoms with Crippen molar-refractivity contribution >= 4 is 28.4 Å². The summed E-state index contributed by atoms with van der Waals surface area (Å²) in [5.41, 5.74) is 4.89. The first kappa shape index (κ1) is 18.6. The molecule has 0 saturated carbocycles. The number of fused-ring (bicyclic) bond motifs is 3. The van der Waals surface area contributed by atoms with Gasteiger partial charge in [-0.05, 0) is 48.7 Å². The van der Waals surface area contributed by atoms with Crippen LogP contribution in [0.5, 0.6) is 0 Å². The van der Waals surface area contributed by atoms with Crippen LogP contribution in [0.25, 0.3) is 22.4 Å². The molecule has 5 rings (SSSR count). The second-order valence-electron chi connectivity index (χ2n) is 7.34. The summed E-state index contributed by atoms with van der Waals surface area (Å²) in [6, 6.07) is 24.0. The topological polar surface area (TPSA) is 52.2 Å². The number of aryl methyl sites for hydroxylation is 2. The number of nitrogens with zero attached hydrogens (tertiary/aromatic N) is 4. The Bertz CT molecular complexity index is 1440. The van der Waals surface area contributed by atoms with E-state index in [0.717, 1.165) is 33.2 Å². The van der Waals surface area contributed by atoms with Gasteiger partial charge in [-0.3, -0.25) is 9.20 Å². The third kappa shape index (κ3) is 3.09. The largest absolute Gasteiger partial charge is 0.268 e. The van der Waals surface area contributed by atoms with Gasteiger partial charge in [0, 0.05) is 5.75 Å². The van der Waals surface area contributed by atoms with Gasteiger partial charge in [0.25, 0.3) is 5.56 Å². The fraction of sp³-hybridized carbons (Fsp3) is 0.125. The summed E-state index contributed by atoms with van der Waals surface area (Å²) >= 11 is 1.62. The predicted octanol–water partition coefficient (Wildman–Crippen LogP) is 4.94. The summed E-state index contributed by atoms with van der Waals surface area (Å²) in [5, 5.41) is 10.3. The first-order chi connectivity index (χ1) is 14.6. The molecule has 30 heavy (non-hydrogen) atoms. The fourth-order valence-electron chi connectivity index (χ4n) is 3.67. The highest BCUT2D eigenvalue weighted by Gasteiger charge is 2.18. The summed E-state index contributed by atoms with van der Waals surface area (Å²) in [5.74, 6) is 1.31. The van der Waals surface area contributed by atoms with Crippen molar-refractivity contribution in [2.75, 3.05) is 0 Å². The second kappa shape index (κ2) is 7.46. The molecule has 0 atom stereocenters. The van der Waals surface area contributed by atoms with Crippen molar-refractivity contribution in [3.05, 3.63) is 99.8 Å². The van der Waals surface area contributed by atoms with Gasteiger partial charge < -0.3 is 0 Å². The number of thioether (sulfide) groups is 1. The van der Waals surface area contributed by atoms with Crippen molar-refractivity contribution in [1.29, 1.82) is 0 Å². The zero-order valence-corrected chi connectivity index (χ0v) is 17.6.